The molecule has 3 aromatic heterocycles. The quantitative estimate of drug-likeness (QED) is 0.505. The van der Waals surface area contributed by atoms with Crippen LogP contribution in [-0.2, 0) is 5.75 Å². The molecule has 0 radical (unpaired) electrons. The molecule has 120 valence electrons. The van der Waals surface area contributed by atoms with E-state index in [9.17, 15) is 4.39 Å². The highest BCUT2D eigenvalue weighted by atomic mass is 32.2. The van der Waals surface area contributed by atoms with E-state index in [1.54, 1.807) is 24.3 Å². The molecule has 7 nitrogen and oxygen atoms in total. The summed E-state index contributed by atoms with van der Waals surface area (Å²) in [6, 6.07) is 9.31. The number of hydrogen-bond acceptors (Lipinski definition) is 8. The van der Waals surface area contributed by atoms with E-state index >= 15 is 0 Å². The van der Waals surface area contributed by atoms with Gasteiger partial charge in [0.25, 0.3) is 5.22 Å². The van der Waals surface area contributed by atoms with Crippen LogP contribution in [0.4, 0.5) is 4.39 Å². The molecule has 0 amide bonds. The molecule has 24 heavy (non-hydrogen) atoms. The van der Waals surface area contributed by atoms with E-state index in [4.69, 9.17) is 13.4 Å². The van der Waals surface area contributed by atoms with Crippen LogP contribution in [0.2, 0.25) is 0 Å². The van der Waals surface area contributed by atoms with Crippen LogP contribution < -0.4 is 0 Å². The van der Waals surface area contributed by atoms with Crippen LogP contribution in [0.15, 0.2) is 61.2 Å². The van der Waals surface area contributed by atoms with Crippen molar-refractivity contribution in [2.45, 2.75) is 11.0 Å². The Hall–Kier alpha value is -2.94. The fourth-order valence-corrected chi connectivity index (χ4v) is 2.52. The number of nitrogens with zero attached hydrogens (tertiary/aromatic N) is 4. The van der Waals surface area contributed by atoms with Crippen molar-refractivity contribution in [3.8, 4) is 23.0 Å². The van der Waals surface area contributed by atoms with E-state index in [1.807, 2.05) is 0 Å². The van der Waals surface area contributed by atoms with Crippen LogP contribution in [0.5, 0.6) is 0 Å². The van der Waals surface area contributed by atoms with Gasteiger partial charge in [0.15, 0.2) is 5.76 Å². The predicted octanol–water partition coefficient (Wildman–Crippen LogP) is 3.81. The molecule has 0 saturated heterocycles. The molecule has 3 heterocycles. The molecule has 0 saturated carbocycles. The summed E-state index contributed by atoms with van der Waals surface area (Å²) in [5.74, 6) is 1.70. The predicted molar refractivity (Wildman–Crippen MR) is 81.3 cm³/mol. The van der Waals surface area contributed by atoms with Gasteiger partial charge >= 0.3 is 0 Å². The normalized spacial score (nSPS) is 11.0. The van der Waals surface area contributed by atoms with E-state index in [-0.39, 0.29) is 5.82 Å². The third-order valence-electron chi connectivity index (χ3n) is 3.03. The van der Waals surface area contributed by atoms with Crippen molar-refractivity contribution in [1.29, 1.82) is 0 Å². The van der Waals surface area contributed by atoms with E-state index in [0.717, 1.165) is 0 Å². The molecule has 4 rings (SSSR count). The Kier molecular flexibility index (Phi) is 3.83. The fourth-order valence-electron chi connectivity index (χ4n) is 1.92. The Morgan fingerprint density at radius 3 is 2.75 bits per heavy atom. The standard InChI is InChI=1S/C15H9FN4O3S/c16-10-5-3-9(4-6-10)14-18-19-15(22-14)24-8-12-17-13(20-23-12)11-2-1-7-21-11/h1-7H,8H2. The number of rotatable bonds is 5. The summed E-state index contributed by atoms with van der Waals surface area (Å²) in [5, 5.41) is 12.1. The smallest absolute Gasteiger partial charge is 0.277 e. The van der Waals surface area contributed by atoms with Crippen LogP contribution in [0.25, 0.3) is 23.0 Å². The molecule has 9 heteroatoms. The first-order valence-corrected chi connectivity index (χ1v) is 7.85. The zero-order valence-electron chi connectivity index (χ0n) is 12.0. The Balaban J connectivity index is 1.42. The SMILES string of the molecule is Fc1ccc(-c2nnc(SCc3nc(-c4ccco4)no3)o2)cc1. The minimum absolute atomic E-state index is 0.319. The van der Waals surface area contributed by atoms with Gasteiger partial charge in [-0.25, -0.2) is 4.39 Å². The van der Waals surface area contributed by atoms with Gasteiger partial charge < -0.3 is 13.4 Å². The van der Waals surface area contributed by atoms with Crippen LogP contribution in [0, 0.1) is 5.82 Å². The van der Waals surface area contributed by atoms with Crippen molar-refractivity contribution in [2.75, 3.05) is 0 Å². The number of thioether (sulfide) groups is 1. The number of aromatic nitrogens is 4. The summed E-state index contributed by atoms with van der Waals surface area (Å²) in [6.45, 7) is 0. The summed E-state index contributed by atoms with van der Waals surface area (Å²) < 4.78 is 28.8. The fraction of sp³-hybridized carbons (Fsp3) is 0.0667. The van der Waals surface area contributed by atoms with Crippen LogP contribution in [-0.4, -0.2) is 20.3 Å². The largest absolute Gasteiger partial charge is 0.461 e. The molecule has 0 aliphatic rings. The average molecular weight is 344 g/mol. The maximum atomic E-state index is 12.9. The van der Waals surface area contributed by atoms with Crippen molar-refractivity contribution >= 4 is 11.8 Å². The number of hydrogen-bond donors (Lipinski definition) is 0. The molecule has 1 aromatic carbocycles. The van der Waals surface area contributed by atoms with Crippen LogP contribution in [0.3, 0.4) is 0 Å². The van der Waals surface area contributed by atoms with E-state index < -0.39 is 0 Å². The second kappa shape index (κ2) is 6.28. The molecular weight excluding hydrogens is 335 g/mol. The maximum Gasteiger partial charge on any atom is 0.277 e. The minimum atomic E-state index is -0.323. The number of benzene rings is 1. The van der Waals surface area contributed by atoms with Gasteiger partial charge in [-0.15, -0.1) is 10.2 Å². The van der Waals surface area contributed by atoms with Crippen LogP contribution >= 0.6 is 11.8 Å². The lowest BCUT2D eigenvalue weighted by atomic mass is 10.2. The average Bonchev–Trinajstić information content (AvgIpc) is 3.34. The number of furan rings is 1. The minimum Gasteiger partial charge on any atom is -0.461 e. The second-order valence-electron chi connectivity index (χ2n) is 4.66. The van der Waals surface area contributed by atoms with Crippen molar-refractivity contribution in [3.63, 3.8) is 0 Å². The van der Waals surface area contributed by atoms with Gasteiger partial charge in [-0.05, 0) is 36.4 Å². The van der Waals surface area contributed by atoms with Gasteiger partial charge in [0.05, 0.1) is 12.0 Å². The molecule has 0 aliphatic carbocycles. The van der Waals surface area contributed by atoms with Gasteiger partial charge in [0.2, 0.25) is 17.6 Å². The first-order chi connectivity index (χ1) is 11.8. The molecule has 4 aromatic rings. The van der Waals surface area contributed by atoms with E-state index in [0.29, 0.717) is 39.9 Å². The lowest BCUT2D eigenvalue weighted by molar-refractivity contribution is 0.389. The van der Waals surface area contributed by atoms with Crippen LogP contribution in [0.1, 0.15) is 5.89 Å². The summed E-state index contributed by atoms with van der Waals surface area (Å²) in [6.07, 6.45) is 1.54. The molecule has 0 bridgehead atoms. The van der Waals surface area contributed by atoms with Crippen molar-refractivity contribution in [2.24, 2.45) is 0 Å². The highest BCUT2D eigenvalue weighted by molar-refractivity contribution is 7.98. The zero-order chi connectivity index (χ0) is 16.4. The zero-order valence-corrected chi connectivity index (χ0v) is 12.9. The molecule has 0 fully saturated rings. The van der Waals surface area contributed by atoms with Gasteiger partial charge in [-0.2, -0.15) is 4.98 Å². The molecule has 0 unspecified atom stereocenters. The highest BCUT2D eigenvalue weighted by Gasteiger charge is 2.14. The molecule has 0 spiro atoms. The lowest BCUT2D eigenvalue weighted by Crippen LogP contribution is -1.81. The summed E-state index contributed by atoms with van der Waals surface area (Å²) >= 11 is 1.26. The summed E-state index contributed by atoms with van der Waals surface area (Å²) in [4.78, 5) is 4.22. The maximum absolute atomic E-state index is 12.9. The van der Waals surface area contributed by atoms with Gasteiger partial charge in [0.1, 0.15) is 5.82 Å². The van der Waals surface area contributed by atoms with Crippen molar-refractivity contribution in [3.05, 3.63) is 54.4 Å². The monoisotopic (exact) mass is 344 g/mol. The first kappa shape index (κ1) is 14.6. The lowest BCUT2D eigenvalue weighted by Gasteiger charge is -1.93. The van der Waals surface area contributed by atoms with E-state index in [2.05, 4.69) is 20.3 Å². The van der Waals surface area contributed by atoms with Crippen molar-refractivity contribution < 1.29 is 17.7 Å². The van der Waals surface area contributed by atoms with E-state index in [1.165, 1.54) is 30.2 Å². The summed E-state index contributed by atoms with van der Waals surface area (Å²) in [7, 11) is 0. The van der Waals surface area contributed by atoms with Gasteiger partial charge in [-0.1, -0.05) is 16.9 Å². The van der Waals surface area contributed by atoms with Crippen molar-refractivity contribution in [1.82, 2.24) is 20.3 Å². The molecule has 0 aliphatic heterocycles. The molecule has 0 atom stereocenters. The third-order valence-corrected chi connectivity index (χ3v) is 3.83. The summed E-state index contributed by atoms with van der Waals surface area (Å²) in [5.41, 5.74) is 0.647. The Bertz CT molecular complexity index is 934. The highest BCUT2D eigenvalue weighted by Crippen LogP contribution is 2.26. The Labute approximate surface area is 138 Å². The second-order valence-corrected chi connectivity index (χ2v) is 5.58. The Morgan fingerprint density at radius 2 is 1.96 bits per heavy atom. The first-order valence-electron chi connectivity index (χ1n) is 6.86. The topological polar surface area (TPSA) is 91.0 Å². The van der Waals surface area contributed by atoms with Gasteiger partial charge in [0, 0.05) is 5.56 Å². The molecular formula is C15H9FN4O3S. The molecule has 0 N–H and O–H groups in total. The third kappa shape index (κ3) is 3.06. The number of halogens is 1. The van der Waals surface area contributed by atoms with Gasteiger partial charge in [-0.3, -0.25) is 0 Å². The Morgan fingerprint density at radius 1 is 1.08 bits per heavy atom.